The van der Waals surface area contributed by atoms with Gasteiger partial charge in [0, 0.05) is 13.6 Å². The molecular formula is C8H4Br2FIO. The second-order valence-electron chi connectivity index (χ2n) is 2.30. The Labute approximate surface area is 105 Å². The Bertz CT molecular complexity index is 354. The molecule has 13 heavy (non-hydrogen) atoms. The fraction of sp³-hybridized carbons (Fsp3) is 0.125. The lowest BCUT2D eigenvalue weighted by molar-refractivity contribution is 0.102. The van der Waals surface area contributed by atoms with Gasteiger partial charge in [0.2, 0.25) is 0 Å². The van der Waals surface area contributed by atoms with E-state index in [0.29, 0.717) is 13.6 Å². The minimum absolute atomic E-state index is 0.137. The number of ketones is 1. The quantitative estimate of drug-likeness (QED) is 0.307. The molecule has 1 aromatic carbocycles. The number of alkyl halides is 1. The zero-order chi connectivity index (χ0) is 10.0. The Morgan fingerprint density at radius 3 is 2.69 bits per heavy atom. The summed E-state index contributed by atoms with van der Waals surface area (Å²) in [4.78, 5) is 11.3. The van der Waals surface area contributed by atoms with Gasteiger partial charge in [0.15, 0.2) is 5.78 Å². The molecule has 0 unspecified atom stereocenters. The van der Waals surface area contributed by atoms with Crippen molar-refractivity contribution >= 4 is 60.2 Å². The van der Waals surface area contributed by atoms with Crippen LogP contribution in [0.4, 0.5) is 4.39 Å². The predicted molar refractivity (Wildman–Crippen MR) is 64.9 cm³/mol. The van der Waals surface area contributed by atoms with Crippen LogP contribution in [0.25, 0.3) is 0 Å². The molecule has 0 aliphatic rings. The van der Waals surface area contributed by atoms with Crippen molar-refractivity contribution in [2.75, 3.05) is 5.33 Å². The van der Waals surface area contributed by atoms with Crippen LogP contribution in [0.2, 0.25) is 0 Å². The van der Waals surface area contributed by atoms with Crippen LogP contribution in [0.3, 0.4) is 0 Å². The Morgan fingerprint density at radius 2 is 2.15 bits per heavy atom. The van der Waals surface area contributed by atoms with Gasteiger partial charge < -0.3 is 0 Å². The molecule has 0 aromatic heterocycles. The van der Waals surface area contributed by atoms with Gasteiger partial charge in [-0.1, -0.05) is 31.9 Å². The number of carbonyl (C=O) groups is 1. The van der Waals surface area contributed by atoms with Gasteiger partial charge in [-0.25, -0.2) is 4.39 Å². The third kappa shape index (κ3) is 2.73. The van der Waals surface area contributed by atoms with Gasteiger partial charge in [0.1, 0.15) is 5.82 Å². The Kier molecular flexibility index (Phi) is 4.31. The summed E-state index contributed by atoms with van der Waals surface area (Å²) in [6, 6.07) is 2.83. The van der Waals surface area contributed by atoms with Crippen LogP contribution in [0.1, 0.15) is 10.4 Å². The highest BCUT2D eigenvalue weighted by atomic mass is 127. The topological polar surface area (TPSA) is 17.1 Å². The van der Waals surface area contributed by atoms with Crippen molar-refractivity contribution in [1.82, 2.24) is 0 Å². The molecule has 0 bridgehead atoms. The molecule has 0 heterocycles. The molecule has 0 spiro atoms. The third-order valence-corrected chi connectivity index (χ3v) is 3.42. The summed E-state index contributed by atoms with van der Waals surface area (Å²) in [5, 5.41) is 0.200. The van der Waals surface area contributed by atoms with E-state index in [9.17, 15) is 9.18 Å². The zero-order valence-corrected chi connectivity index (χ0v) is 11.6. The van der Waals surface area contributed by atoms with E-state index in [4.69, 9.17) is 0 Å². The molecule has 0 N–H and O–H groups in total. The molecule has 1 rings (SSSR count). The number of Topliss-reactive ketones (excluding diaryl/α,β-unsaturated/α-hetero) is 1. The van der Waals surface area contributed by atoms with Crippen LogP contribution in [-0.2, 0) is 0 Å². The number of halogens is 4. The van der Waals surface area contributed by atoms with Gasteiger partial charge in [0.25, 0.3) is 0 Å². The Hall–Kier alpha value is 0.510. The minimum Gasteiger partial charge on any atom is -0.293 e. The van der Waals surface area contributed by atoms with Crippen LogP contribution in [0.5, 0.6) is 0 Å². The van der Waals surface area contributed by atoms with Gasteiger partial charge in [-0.05, 0) is 34.7 Å². The Morgan fingerprint density at radius 1 is 1.54 bits per heavy atom. The maximum absolute atomic E-state index is 13.1. The lowest BCUT2D eigenvalue weighted by Gasteiger charge is -2.02. The first-order valence-electron chi connectivity index (χ1n) is 3.30. The molecule has 70 valence electrons. The predicted octanol–water partition coefficient (Wildman–Crippen LogP) is 3.77. The minimum atomic E-state index is -0.367. The van der Waals surface area contributed by atoms with Crippen LogP contribution >= 0.6 is 54.5 Å². The van der Waals surface area contributed by atoms with Gasteiger partial charge in [-0.2, -0.15) is 0 Å². The maximum Gasteiger partial charge on any atom is 0.174 e. The van der Waals surface area contributed by atoms with Crippen LogP contribution in [-0.4, -0.2) is 11.1 Å². The van der Waals surface area contributed by atoms with Crippen LogP contribution in [0, 0.1) is 9.39 Å². The van der Waals surface area contributed by atoms with E-state index in [1.807, 2.05) is 22.6 Å². The van der Waals surface area contributed by atoms with Gasteiger partial charge in [-0.15, -0.1) is 0 Å². The first-order valence-corrected chi connectivity index (χ1v) is 6.29. The summed E-state index contributed by atoms with van der Waals surface area (Å²) in [7, 11) is 0. The Balaban J connectivity index is 3.23. The lowest BCUT2D eigenvalue weighted by atomic mass is 10.1. The fourth-order valence-electron chi connectivity index (χ4n) is 0.808. The summed E-state index contributed by atoms with van der Waals surface area (Å²) < 4.78 is 14.2. The second kappa shape index (κ2) is 4.84. The number of rotatable bonds is 2. The molecule has 0 saturated carbocycles. The van der Waals surface area contributed by atoms with E-state index in [1.165, 1.54) is 6.07 Å². The molecule has 1 nitrogen and oxygen atoms in total. The van der Waals surface area contributed by atoms with E-state index in [0.717, 1.165) is 0 Å². The smallest absolute Gasteiger partial charge is 0.174 e. The molecule has 0 atom stereocenters. The van der Waals surface area contributed by atoms with Gasteiger partial charge >= 0.3 is 0 Å². The number of benzene rings is 1. The third-order valence-electron chi connectivity index (χ3n) is 1.43. The van der Waals surface area contributed by atoms with Crippen LogP contribution < -0.4 is 0 Å². The van der Waals surface area contributed by atoms with E-state index in [2.05, 4.69) is 31.9 Å². The molecular weight excluding hydrogens is 418 g/mol. The summed E-state index contributed by atoms with van der Waals surface area (Å²) in [6.45, 7) is 0. The fourth-order valence-corrected chi connectivity index (χ4v) is 2.57. The highest BCUT2D eigenvalue weighted by Gasteiger charge is 2.11. The zero-order valence-electron chi connectivity index (χ0n) is 6.28. The average molecular weight is 422 g/mol. The molecule has 0 fully saturated rings. The standard InChI is InChI=1S/C8H4Br2FIO/c9-3-8(13)4-1-6(11)7(12)2-5(4)10/h1-2H,3H2. The molecule has 1 aromatic rings. The SMILES string of the molecule is O=C(CBr)c1cc(F)c(I)cc1Br. The largest absolute Gasteiger partial charge is 0.293 e. The van der Waals surface area contributed by atoms with Crippen molar-refractivity contribution in [3.05, 3.63) is 31.6 Å². The summed E-state index contributed by atoms with van der Waals surface area (Å²) in [5.41, 5.74) is 0.370. The number of carbonyl (C=O) groups excluding carboxylic acids is 1. The monoisotopic (exact) mass is 420 g/mol. The first-order chi connectivity index (χ1) is 6.06. The molecule has 0 aliphatic heterocycles. The van der Waals surface area contributed by atoms with Gasteiger partial charge in [-0.3, -0.25) is 4.79 Å². The first kappa shape index (κ1) is 11.6. The van der Waals surface area contributed by atoms with Crippen molar-refractivity contribution in [3.8, 4) is 0 Å². The van der Waals surface area contributed by atoms with Crippen molar-refractivity contribution < 1.29 is 9.18 Å². The van der Waals surface area contributed by atoms with E-state index in [1.54, 1.807) is 6.07 Å². The van der Waals surface area contributed by atoms with Crippen molar-refractivity contribution in [2.24, 2.45) is 0 Å². The molecule has 0 amide bonds. The summed E-state index contributed by atoms with van der Waals surface area (Å²) in [6.07, 6.45) is 0. The number of hydrogen-bond donors (Lipinski definition) is 0. The molecule has 0 saturated heterocycles. The van der Waals surface area contributed by atoms with Crippen molar-refractivity contribution in [1.29, 1.82) is 0 Å². The summed E-state index contributed by atoms with van der Waals surface area (Å²) in [5.74, 6) is -0.504. The average Bonchev–Trinajstić information content (AvgIpc) is 2.10. The molecule has 5 heteroatoms. The van der Waals surface area contributed by atoms with Crippen molar-refractivity contribution in [3.63, 3.8) is 0 Å². The maximum atomic E-state index is 13.1. The number of hydrogen-bond acceptors (Lipinski definition) is 1. The van der Waals surface area contributed by atoms with E-state index in [-0.39, 0.29) is 16.9 Å². The van der Waals surface area contributed by atoms with Crippen molar-refractivity contribution in [2.45, 2.75) is 0 Å². The van der Waals surface area contributed by atoms with E-state index >= 15 is 0 Å². The molecule has 0 radical (unpaired) electrons. The molecule has 0 aliphatic carbocycles. The second-order valence-corrected chi connectivity index (χ2v) is 4.88. The summed E-state index contributed by atoms with van der Waals surface area (Å²) >= 11 is 8.12. The highest BCUT2D eigenvalue weighted by molar-refractivity contribution is 14.1. The van der Waals surface area contributed by atoms with E-state index < -0.39 is 0 Å². The normalized spacial score (nSPS) is 10.2. The van der Waals surface area contributed by atoms with Gasteiger partial charge in [0.05, 0.1) is 5.33 Å². The van der Waals surface area contributed by atoms with Crippen LogP contribution in [0.15, 0.2) is 16.6 Å². The lowest BCUT2D eigenvalue weighted by Crippen LogP contribution is -2.02. The highest BCUT2D eigenvalue weighted by Crippen LogP contribution is 2.23.